The number of benzene rings is 1. The Kier molecular flexibility index (Phi) is 2.49. The van der Waals surface area contributed by atoms with E-state index in [1.54, 1.807) is 30.3 Å². The van der Waals surface area contributed by atoms with E-state index in [0.717, 1.165) is 0 Å². The Bertz CT molecular complexity index is 612. The highest BCUT2D eigenvalue weighted by atomic mass is 16.3. The zero-order valence-corrected chi connectivity index (χ0v) is 8.01. The molecular weight excluding hydrogens is 206 g/mol. The Morgan fingerprint density at radius 1 is 1.38 bits per heavy atom. The number of hydrogen-bond acceptors (Lipinski definition) is 6. The second-order valence-electron chi connectivity index (χ2n) is 2.80. The van der Waals surface area contributed by atoms with Crippen LogP contribution in [0.2, 0.25) is 0 Å². The molecule has 0 fully saturated rings. The molecule has 0 spiro atoms. The van der Waals surface area contributed by atoms with Crippen molar-refractivity contribution in [3.05, 3.63) is 24.6 Å². The highest BCUT2D eigenvalue weighted by Gasteiger charge is 2.03. The summed E-state index contributed by atoms with van der Waals surface area (Å²) in [4.78, 5) is 3.98. The molecule has 2 rings (SSSR count). The fraction of sp³-hybridized carbons (Fsp3) is 0. The van der Waals surface area contributed by atoms with Crippen LogP contribution in [-0.4, -0.2) is 10.7 Å². The summed E-state index contributed by atoms with van der Waals surface area (Å²) in [6.45, 7) is 0. The number of rotatable bonds is 2. The smallest absolute Gasteiger partial charge is 0.237 e. The lowest BCUT2D eigenvalue weighted by molar-refractivity contribution is 0.602. The van der Waals surface area contributed by atoms with Gasteiger partial charge in [0.25, 0.3) is 0 Å². The van der Waals surface area contributed by atoms with Gasteiger partial charge < -0.3 is 4.42 Å². The lowest BCUT2D eigenvalue weighted by Gasteiger charge is -1.98. The summed E-state index contributed by atoms with van der Waals surface area (Å²) in [7, 11) is 0. The molecule has 16 heavy (non-hydrogen) atoms. The molecule has 1 aromatic carbocycles. The summed E-state index contributed by atoms with van der Waals surface area (Å²) in [5.41, 5.74) is 4.13. The van der Waals surface area contributed by atoms with E-state index in [-0.39, 0.29) is 5.71 Å². The molecule has 76 valence electrons. The van der Waals surface area contributed by atoms with Crippen LogP contribution in [-0.2, 0) is 0 Å². The number of nitriles is 2. The standard InChI is InChI=1S/C10H5N5O/c11-4-7(5-12)14-15-8-2-1-3-9-10(8)13-6-16-9/h1-3,6,15H. The molecule has 6 heteroatoms. The first-order valence-corrected chi connectivity index (χ1v) is 4.31. The van der Waals surface area contributed by atoms with Gasteiger partial charge in [-0.1, -0.05) is 6.07 Å². The molecule has 0 radical (unpaired) electrons. The first-order valence-electron chi connectivity index (χ1n) is 4.31. The number of nitrogens with one attached hydrogen (secondary N) is 1. The molecule has 0 aliphatic rings. The van der Waals surface area contributed by atoms with Gasteiger partial charge in [0, 0.05) is 0 Å². The topological polar surface area (TPSA) is 98.0 Å². The number of oxazole rings is 1. The Morgan fingerprint density at radius 2 is 2.19 bits per heavy atom. The van der Waals surface area contributed by atoms with Crippen LogP contribution in [0.25, 0.3) is 11.1 Å². The highest BCUT2D eigenvalue weighted by molar-refractivity contribution is 6.10. The van der Waals surface area contributed by atoms with Crippen LogP contribution >= 0.6 is 0 Å². The third-order valence-electron chi connectivity index (χ3n) is 1.86. The number of aromatic nitrogens is 1. The van der Waals surface area contributed by atoms with Gasteiger partial charge in [-0.15, -0.1) is 0 Å². The van der Waals surface area contributed by atoms with Gasteiger partial charge in [-0.25, -0.2) is 4.98 Å². The number of anilines is 1. The van der Waals surface area contributed by atoms with E-state index in [1.165, 1.54) is 6.39 Å². The third kappa shape index (κ3) is 1.68. The van der Waals surface area contributed by atoms with Gasteiger partial charge in [0.1, 0.15) is 17.7 Å². The van der Waals surface area contributed by atoms with Crippen molar-refractivity contribution in [3.63, 3.8) is 0 Å². The number of hydrogen-bond donors (Lipinski definition) is 1. The minimum Gasteiger partial charge on any atom is -0.443 e. The highest BCUT2D eigenvalue weighted by Crippen LogP contribution is 2.21. The van der Waals surface area contributed by atoms with E-state index in [1.807, 2.05) is 0 Å². The maximum absolute atomic E-state index is 8.50. The van der Waals surface area contributed by atoms with Gasteiger partial charge in [-0.3, -0.25) is 5.43 Å². The summed E-state index contributed by atoms with van der Waals surface area (Å²) in [5, 5.41) is 20.6. The second-order valence-corrected chi connectivity index (χ2v) is 2.80. The Hall–Kier alpha value is -2.86. The van der Waals surface area contributed by atoms with Crippen LogP contribution in [0.4, 0.5) is 5.69 Å². The summed E-state index contributed by atoms with van der Waals surface area (Å²) in [6.07, 6.45) is 1.31. The van der Waals surface area contributed by atoms with Crippen LogP contribution < -0.4 is 5.43 Å². The lowest BCUT2D eigenvalue weighted by Crippen LogP contribution is -1.96. The van der Waals surface area contributed by atoms with Crippen molar-refractivity contribution in [2.45, 2.75) is 0 Å². The SMILES string of the molecule is N#CC(C#N)=NNc1cccc2ocnc12. The van der Waals surface area contributed by atoms with Gasteiger partial charge in [0.2, 0.25) is 5.71 Å². The molecule has 0 aliphatic heterocycles. The molecule has 0 saturated carbocycles. The van der Waals surface area contributed by atoms with Crippen LogP contribution in [0.1, 0.15) is 0 Å². The quantitative estimate of drug-likeness (QED) is 0.601. The van der Waals surface area contributed by atoms with Crippen molar-refractivity contribution in [2.24, 2.45) is 5.10 Å². The molecule has 6 nitrogen and oxygen atoms in total. The molecule has 0 aliphatic carbocycles. The van der Waals surface area contributed by atoms with E-state index >= 15 is 0 Å². The zero-order valence-electron chi connectivity index (χ0n) is 8.01. The summed E-state index contributed by atoms with van der Waals surface area (Å²) < 4.78 is 5.09. The van der Waals surface area contributed by atoms with Crippen molar-refractivity contribution in [1.82, 2.24) is 4.98 Å². The first kappa shape index (κ1) is 9.69. The molecule has 0 unspecified atom stereocenters. The third-order valence-corrected chi connectivity index (χ3v) is 1.86. The van der Waals surface area contributed by atoms with Gasteiger partial charge >= 0.3 is 0 Å². The number of para-hydroxylation sites is 1. The van der Waals surface area contributed by atoms with Crippen LogP contribution in [0, 0.1) is 22.7 Å². The van der Waals surface area contributed by atoms with E-state index in [0.29, 0.717) is 16.8 Å². The van der Waals surface area contributed by atoms with Gasteiger partial charge in [0.15, 0.2) is 12.0 Å². The Labute approximate surface area is 90.4 Å². The van der Waals surface area contributed by atoms with Crippen molar-refractivity contribution in [2.75, 3.05) is 5.43 Å². The summed E-state index contributed by atoms with van der Waals surface area (Å²) in [6, 6.07) is 8.53. The van der Waals surface area contributed by atoms with Gasteiger partial charge in [-0.2, -0.15) is 15.6 Å². The molecule has 2 aromatic rings. The van der Waals surface area contributed by atoms with E-state index in [4.69, 9.17) is 14.9 Å². The van der Waals surface area contributed by atoms with Crippen molar-refractivity contribution >= 4 is 22.5 Å². The average molecular weight is 211 g/mol. The lowest BCUT2D eigenvalue weighted by atomic mass is 10.3. The van der Waals surface area contributed by atoms with Crippen molar-refractivity contribution in [3.8, 4) is 12.1 Å². The van der Waals surface area contributed by atoms with Crippen molar-refractivity contribution < 1.29 is 4.42 Å². The molecule has 1 aromatic heterocycles. The monoisotopic (exact) mass is 211 g/mol. The fourth-order valence-electron chi connectivity index (χ4n) is 1.17. The average Bonchev–Trinajstić information content (AvgIpc) is 2.79. The molecule has 0 atom stereocenters. The van der Waals surface area contributed by atoms with E-state index < -0.39 is 0 Å². The minimum atomic E-state index is -0.250. The first-order chi connectivity index (χ1) is 7.85. The molecule has 1 heterocycles. The molecule has 0 amide bonds. The molecular formula is C10H5N5O. The van der Waals surface area contributed by atoms with E-state index in [2.05, 4.69) is 15.5 Å². The summed E-state index contributed by atoms with van der Waals surface area (Å²) >= 11 is 0. The zero-order chi connectivity index (χ0) is 11.4. The van der Waals surface area contributed by atoms with E-state index in [9.17, 15) is 0 Å². The number of fused-ring (bicyclic) bond motifs is 1. The minimum absolute atomic E-state index is 0.250. The number of hydrazone groups is 1. The molecule has 0 saturated heterocycles. The fourth-order valence-corrected chi connectivity index (χ4v) is 1.17. The largest absolute Gasteiger partial charge is 0.443 e. The predicted octanol–water partition coefficient (Wildman–Crippen LogP) is 1.64. The number of nitrogens with zero attached hydrogens (tertiary/aromatic N) is 4. The maximum atomic E-state index is 8.50. The Balaban J connectivity index is 2.36. The van der Waals surface area contributed by atoms with Gasteiger partial charge in [-0.05, 0) is 12.1 Å². The van der Waals surface area contributed by atoms with Gasteiger partial charge in [0.05, 0.1) is 5.69 Å². The second kappa shape index (κ2) is 4.11. The van der Waals surface area contributed by atoms with Crippen LogP contribution in [0.5, 0.6) is 0 Å². The Morgan fingerprint density at radius 3 is 2.94 bits per heavy atom. The van der Waals surface area contributed by atoms with Crippen LogP contribution in [0.3, 0.4) is 0 Å². The normalized spacial score (nSPS) is 9.12. The maximum Gasteiger partial charge on any atom is 0.237 e. The predicted molar refractivity (Wildman–Crippen MR) is 56.3 cm³/mol. The molecule has 0 bridgehead atoms. The molecule has 1 N–H and O–H groups in total. The summed E-state index contributed by atoms with van der Waals surface area (Å²) in [5.74, 6) is 0. The van der Waals surface area contributed by atoms with Crippen molar-refractivity contribution in [1.29, 1.82) is 10.5 Å². The van der Waals surface area contributed by atoms with Crippen LogP contribution in [0.15, 0.2) is 34.1 Å².